The summed E-state index contributed by atoms with van der Waals surface area (Å²) in [6.45, 7) is 0.133. The molecule has 4 aromatic rings. The van der Waals surface area contributed by atoms with Crippen LogP contribution in [-0.4, -0.2) is 42.0 Å². The minimum atomic E-state index is -0.544. The minimum Gasteiger partial charge on any atom is -0.488 e. The van der Waals surface area contributed by atoms with E-state index < -0.39 is 5.43 Å². The SMILES string of the molecule is COCOc1ccc(-c2oc3cc(OOC)cc(OCc4ccccc4)c3c(=O)c2OOC)c(OCOC)c1. The van der Waals surface area contributed by atoms with Gasteiger partial charge in [0.05, 0.1) is 19.8 Å². The highest BCUT2D eigenvalue weighted by molar-refractivity contribution is 5.89. The van der Waals surface area contributed by atoms with Crippen molar-refractivity contribution in [2.75, 3.05) is 42.0 Å². The Morgan fingerprint density at radius 2 is 1.44 bits per heavy atom. The first-order valence-corrected chi connectivity index (χ1v) is 11.7. The fourth-order valence-electron chi connectivity index (χ4n) is 3.72. The molecule has 4 rings (SSSR count). The molecule has 0 aliphatic carbocycles. The van der Waals surface area contributed by atoms with Crippen LogP contribution in [0.2, 0.25) is 0 Å². The van der Waals surface area contributed by atoms with E-state index in [0.717, 1.165) is 5.56 Å². The molecular weight excluding hydrogens is 512 g/mol. The fraction of sp³-hybridized carbons (Fsp3) is 0.250. The van der Waals surface area contributed by atoms with Crippen LogP contribution in [0.25, 0.3) is 22.3 Å². The first kappa shape index (κ1) is 27.7. The van der Waals surface area contributed by atoms with Gasteiger partial charge in [-0.1, -0.05) is 30.3 Å². The summed E-state index contributed by atoms with van der Waals surface area (Å²) in [4.78, 5) is 34.1. The van der Waals surface area contributed by atoms with Gasteiger partial charge in [-0.2, -0.15) is 9.78 Å². The second-order valence-electron chi connectivity index (χ2n) is 7.92. The van der Waals surface area contributed by atoms with E-state index >= 15 is 0 Å². The summed E-state index contributed by atoms with van der Waals surface area (Å²) < 4.78 is 33.6. The molecule has 0 atom stereocenters. The van der Waals surface area contributed by atoms with E-state index in [1.54, 1.807) is 18.2 Å². The minimum absolute atomic E-state index is 0.0280. The van der Waals surface area contributed by atoms with E-state index in [4.69, 9.17) is 47.7 Å². The Balaban J connectivity index is 1.89. The predicted octanol–water partition coefficient (Wildman–Crippen LogP) is 4.88. The van der Waals surface area contributed by atoms with Gasteiger partial charge in [-0.3, -0.25) is 4.79 Å². The molecule has 11 heteroatoms. The van der Waals surface area contributed by atoms with E-state index in [0.29, 0.717) is 17.1 Å². The van der Waals surface area contributed by atoms with Crippen molar-refractivity contribution in [1.82, 2.24) is 0 Å². The van der Waals surface area contributed by atoms with E-state index in [-0.39, 0.29) is 54.2 Å². The Morgan fingerprint density at radius 3 is 2.15 bits per heavy atom. The van der Waals surface area contributed by atoms with Crippen molar-refractivity contribution < 1.29 is 47.7 Å². The van der Waals surface area contributed by atoms with Gasteiger partial charge < -0.3 is 37.9 Å². The summed E-state index contributed by atoms with van der Waals surface area (Å²) in [5.74, 6) is 1.01. The third-order valence-electron chi connectivity index (χ3n) is 5.35. The molecule has 0 fully saturated rings. The van der Waals surface area contributed by atoms with E-state index in [1.165, 1.54) is 40.6 Å². The maximum absolute atomic E-state index is 13.8. The quantitative estimate of drug-likeness (QED) is 0.124. The summed E-state index contributed by atoms with van der Waals surface area (Å²) in [6.07, 6.45) is 0. The second-order valence-corrected chi connectivity index (χ2v) is 7.92. The van der Waals surface area contributed by atoms with Gasteiger partial charge in [0.15, 0.2) is 25.1 Å². The van der Waals surface area contributed by atoms with Crippen LogP contribution in [0.1, 0.15) is 5.56 Å². The van der Waals surface area contributed by atoms with Crippen LogP contribution in [0.15, 0.2) is 69.9 Å². The molecule has 0 unspecified atom stereocenters. The summed E-state index contributed by atoms with van der Waals surface area (Å²) in [7, 11) is 5.63. The molecule has 0 spiro atoms. The Hall–Kier alpha value is -4.29. The number of hydrogen-bond donors (Lipinski definition) is 0. The molecule has 39 heavy (non-hydrogen) atoms. The molecule has 0 bridgehead atoms. The van der Waals surface area contributed by atoms with Gasteiger partial charge in [-0.05, 0) is 17.7 Å². The van der Waals surface area contributed by atoms with Crippen LogP contribution in [0, 0.1) is 0 Å². The van der Waals surface area contributed by atoms with Crippen molar-refractivity contribution in [3.8, 4) is 40.1 Å². The topological polar surface area (TPSA) is 113 Å². The summed E-state index contributed by atoms with van der Waals surface area (Å²) in [5.41, 5.74) is 0.868. The Kier molecular flexibility index (Phi) is 9.59. The highest BCUT2D eigenvalue weighted by atomic mass is 17.2. The molecule has 0 aliphatic heterocycles. The second kappa shape index (κ2) is 13.5. The van der Waals surface area contributed by atoms with Crippen molar-refractivity contribution in [2.24, 2.45) is 0 Å². The van der Waals surface area contributed by atoms with Gasteiger partial charge in [0, 0.05) is 32.4 Å². The molecule has 0 N–H and O–H groups in total. The standard InChI is InChI=1S/C28H28O11/c1-30-16-35-19-10-11-21(22(12-19)36-17-31-2)27-28(39-33-4)26(29)25-23(34-15-18-8-6-5-7-9-18)13-20(38-32-3)14-24(25)37-27/h5-14H,15-17H2,1-4H3. The predicted molar refractivity (Wildman–Crippen MR) is 139 cm³/mol. The van der Waals surface area contributed by atoms with Crippen molar-refractivity contribution in [2.45, 2.75) is 6.61 Å². The monoisotopic (exact) mass is 540 g/mol. The Labute approximate surface area is 224 Å². The van der Waals surface area contributed by atoms with Gasteiger partial charge in [0.2, 0.25) is 5.43 Å². The molecule has 1 aromatic heterocycles. The van der Waals surface area contributed by atoms with E-state index in [2.05, 4.69) is 0 Å². The summed E-state index contributed by atoms with van der Waals surface area (Å²) in [6, 6.07) is 17.4. The number of ether oxygens (including phenoxy) is 5. The first-order valence-electron chi connectivity index (χ1n) is 11.7. The average Bonchev–Trinajstić information content (AvgIpc) is 2.95. The number of benzene rings is 3. The largest absolute Gasteiger partial charge is 0.488 e. The van der Waals surface area contributed by atoms with Gasteiger partial charge in [0.25, 0.3) is 5.75 Å². The number of rotatable bonds is 14. The highest BCUT2D eigenvalue weighted by Crippen LogP contribution is 2.41. The van der Waals surface area contributed by atoms with Crippen LogP contribution in [-0.2, 0) is 25.9 Å². The van der Waals surface area contributed by atoms with Gasteiger partial charge in [-0.15, -0.1) is 0 Å². The Bertz CT molecular complexity index is 1430. The average molecular weight is 541 g/mol. The first-order chi connectivity index (χ1) is 19.1. The lowest BCUT2D eigenvalue weighted by Gasteiger charge is -2.16. The lowest BCUT2D eigenvalue weighted by atomic mass is 10.1. The van der Waals surface area contributed by atoms with Crippen LogP contribution in [0.4, 0.5) is 0 Å². The normalized spacial score (nSPS) is 10.9. The van der Waals surface area contributed by atoms with Crippen LogP contribution >= 0.6 is 0 Å². The Morgan fingerprint density at radius 1 is 0.718 bits per heavy atom. The third-order valence-corrected chi connectivity index (χ3v) is 5.35. The van der Waals surface area contributed by atoms with Gasteiger partial charge >= 0.3 is 0 Å². The maximum Gasteiger partial charge on any atom is 0.256 e. The zero-order valence-electron chi connectivity index (χ0n) is 21.9. The molecule has 0 saturated heterocycles. The van der Waals surface area contributed by atoms with Crippen molar-refractivity contribution in [3.05, 3.63) is 76.5 Å². The van der Waals surface area contributed by atoms with E-state index in [9.17, 15) is 4.79 Å². The van der Waals surface area contributed by atoms with Crippen LogP contribution in [0.3, 0.4) is 0 Å². The zero-order valence-corrected chi connectivity index (χ0v) is 21.9. The zero-order chi connectivity index (χ0) is 27.6. The van der Waals surface area contributed by atoms with Gasteiger partial charge in [-0.25, -0.2) is 0 Å². The molecular formula is C28H28O11. The molecule has 0 aliphatic rings. The molecule has 3 aromatic carbocycles. The van der Waals surface area contributed by atoms with E-state index in [1.807, 2.05) is 30.3 Å². The molecule has 11 nitrogen and oxygen atoms in total. The molecule has 0 radical (unpaired) electrons. The lowest BCUT2D eigenvalue weighted by molar-refractivity contribution is -0.179. The number of hydrogen-bond acceptors (Lipinski definition) is 11. The van der Waals surface area contributed by atoms with Crippen LogP contribution < -0.4 is 29.4 Å². The van der Waals surface area contributed by atoms with Crippen molar-refractivity contribution in [1.29, 1.82) is 0 Å². The van der Waals surface area contributed by atoms with Gasteiger partial charge in [0.1, 0.15) is 34.8 Å². The maximum atomic E-state index is 13.8. The molecule has 1 heterocycles. The molecule has 206 valence electrons. The molecule has 0 saturated carbocycles. The van der Waals surface area contributed by atoms with Crippen molar-refractivity contribution >= 4 is 11.0 Å². The smallest absolute Gasteiger partial charge is 0.256 e. The fourth-order valence-corrected chi connectivity index (χ4v) is 3.72. The summed E-state index contributed by atoms with van der Waals surface area (Å²) >= 11 is 0. The third kappa shape index (κ3) is 6.59. The number of methoxy groups -OCH3 is 2. The van der Waals surface area contributed by atoms with Crippen molar-refractivity contribution in [3.63, 3.8) is 0 Å². The number of fused-ring (bicyclic) bond motifs is 1. The van der Waals surface area contributed by atoms with Crippen LogP contribution in [0.5, 0.6) is 28.7 Å². The lowest BCUT2D eigenvalue weighted by Crippen LogP contribution is -2.12. The molecule has 0 amide bonds. The highest BCUT2D eigenvalue weighted by Gasteiger charge is 2.25. The summed E-state index contributed by atoms with van der Waals surface area (Å²) in [5, 5.41) is 0.115.